The van der Waals surface area contributed by atoms with Crippen LogP contribution in [0.15, 0.2) is 35.5 Å². The summed E-state index contributed by atoms with van der Waals surface area (Å²) in [5.74, 6) is -0.0448. The van der Waals surface area contributed by atoms with E-state index in [1.54, 1.807) is 23.6 Å². The van der Waals surface area contributed by atoms with Gasteiger partial charge >= 0.3 is 0 Å². The fraction of sp³-hybridized carbons (Fsp3) is 0.375. The Kier molecular flexibility index (Phi) is 4.50. The zero-order chi connectivity index (χ0) is 14.5. The van der Waals surface area contributed by atoms with E-state index >= 15 is 0 Å². The minimum atomic E-state index is -0.0448. The van der Waals surface area contributed by atoms with Gasteiger partial charge in [0.25, 0.3) is 0 Å². The topological polar surface area (TPSA) is 46.4 Å². The van der Waals surface area contributed by atoms with Crippen LogP contribution in [0.1, 0.15) is 37.8 Å². The highest BCUT2D eigenvalue weighted by atomic mass is 32.1. The van der Waals surface area contributed by atoms with Crippen LogP contribution < -0.4 is 5.32 Å². The Balaban J connectivity index is 1.48. The second-order valence-corrected chi connectivity index (χ2v) is 6.09. The Hall–Kier alpha value is -1.88. The molecule has 0 bridgehead atoms. The maximum Gasteiger partial charge on any atom is 0.244 e. The van der Waals surface area contributed by atoms with Gasteiger partial charge in [0.05, 0.1) is 11.9 Å². The van der Waals surface area contributed by atoms with Gasteiger partial charge in [-0.05, 0) is 38.2 Å². The zero-order valence-corrected chi connectivity index (χ0v) is 12.7. The Labute approximate surface area is 128 Å². The number of nitrogens with one attached hydrogen (secondary N) is 1. The maximum atomic E-state index is 11.8. The monoisotopic (exact) mass is 301 g/mol. The third-order valence-corrected chi connectivity index (χ3v) is 4.48. The largest absolute Gasteiger partial charge is 0.352 e. The van der Waals surface area contributed by atoms with Crippen LogP contribution in [-0.4, -0.2) is 21.8 Å². The van der Waals surface area contributed by atoms with Crippen LogP contribution in [0.4, 0.5) is 0 Å². The van der Waals surface area contributed by atoms with E-state index in [9.17, 15) is 4.79 Å². The Bertz CT molecular complexity index is 681. The van der Waals surface area contributed by atoms with Crippen molar-refractivity contribution in [1.82, 2.24) is 14.7 Å². The lowest BCUT2D eigenvalue weighted by atomic mass is 9.97. The van der Waals surface area contributed by atoms with Gasteiger partial charge in [0.2, 0.25) is 5.91 Å². The highest BCUT2D eigenvalue weighted by molar-refractivity contribution is 7.15. The quantitative estimate of drug-likeness (QED) is 0.679. The number of carbonyl (C=O) groups is 1. The average molecular weight is 301 g/mol. The third-order valence-electron chi connectivity index (χ3n) is 3.71. The molecule has 0 radical (unpaired) electrons. The molecular formula is C16H19N3OS. The molecule has 0 unspecified atom stereocenters. The Morgan fingerprint density at radius 2 is 2.43 bits per heavy atom. The number of hydrogen-bond acceptors (Lipinski definition) is 3. The normalized spacial score (nSPS) is 15.5. The Morgan fingerprint density at radius 3 is 3.29 bits per heavy atom. The number of fused-ring (bicyclic) bond motifs is 1. The highest BCUT2D eigenvalue weighted by Gasteiger charge is 2.04. The van der Waals surface area contributed by atoms with Crippen molar-refractivity contribution in [2.45, 2.75) is 32.1 Å². The van der Waals surface area contributed by atoms with Gasteiger partial charge in [-0.15, -0.1) is 11.3 Å². The first-order chi connectivity index (χ1) is 10.3. The van der Waals surface area contributed by atoms with E-state index in [1.165, 1.54) is 31.3 Å². The average Bonchev–Trinajstić information content (AvgIpc) is 3.10. The van der Waals surface area contributed by atoms with Crippen molar-refractivity contribution in [2.75, 3.05) is 6.54 Å². The summed E-state index contributed by atoms with van der Waals surface area (Å²) < 4.78 is 1.97. The predicted octanol–water partition coefficient (Wildman–Crippen LogP) is 3.42. The molecule has 110 valence electrons. The number of rotatable bonds is 5. The van der Waals surface area contributed by atoms with Gasteiger partial charge in [-0.2, -0.15) is 0 Å². The third kappa shape index (κ3) is 3.61. The molecule has 0 atom stereocenters. The van der Waals surface area contributed by atoms with E-state index in [1.807, 2.05) is 22.1 Å². The minimum absolute atomic E-state index is 0.0448. The number of nitrogens with zero attached hydrogens (tertiary/aromatic N) is 2. The summed E-state index contributed by atoms with van der Waals surface area (Å²) >= 11 is 1.58. The molecule has 21 heavy (non-hydrogen) atoms. The molecule has 5 heteroatoms. The second kappa shape index (κ2) is 6.72. The maximum absolute atomic E-state index is 11.8. The van der Waals surface area contributed by atoms with E-state index in [0.717, 1.165) is 23.6 Å². The molecule has 0 fully saturated rings. The summed E-state index contributed by atoms with van der Waals surface area (Å²) in [5, 5.41) is 4.92. The second-order valence-electron chi connectivity index (χ2n) is 5.22. The van der Waals surface area contributed by atoms with Crippen LogP contribution in [0.3, 0.4) is 0 Å². The zero-order valence-electron chi connectivity index (χ0n) is 11.9. The van der Waals surface area contributed by atoms with E-state index < -0.39 is 0 Å². The summed E-state index contributed by atoms with van der Waals surface area (Å²) in [5.41, 5.74) is 2.41. The van der Waals surface area contributed by atoms with E-state index in [2.05, 4.69) is 16.4 Å². The lowest BCUT2D eigenvalue weighted by molar-refractivity contribution is -0.116. The number of aromatic nitrogens is 2. The Morgan fingerprint density at radius 1 is 1.48 bits per heavy atom. The van der Waals surface area contributed by atoms with Crippen LogP contribution in [0.5, 0.6) is 0 Å². The summed E-state index contributed by atoms with van der Waals surface area (Å²) in [4.78, 5) is 17.0. The lowest BCUT2D eigenvalue weighted by Crippen LogP contribution is -2.22. The predicted molar refractivity (Wildman–Crippen MR) is 86.3 cm³/mol. The molecule has 2 aromatic heterocycles. The molecule has 2 aromatic rings. The fourth-order valence-electron chi connectivity index (χ4n) is 2.57. The summed E-state index contributed by atoms with van der Waals surface area (Å²) in [6.45, 7) is 0.718. The smallest absolute Gasteiger partial charge is 0.244 e. The number of carbonyl (C=O) groups excluding carboxylic acids is 1. The first-order valence-corrected chi connectivity index (χ1v) is 8.25. The van der Waals surface area contributed by atoms with Crippen LogP contribution in [-0.2, 0) is 4.79 Å². The highest BCUT2D eigenvalue weighted by Crippen LogP contribution is 2.19. The fourth-order valence-corrected chi connectivity index (χ4v) is 3.26. The van der Waals surface area contributed by atoms with Crippen LogP contribution in [0.25, 0.3) is 11.0 Å². The van der Waals surface area contributed by atoms with Gasteiger partial charge in [0.15, 0.2) is 4.96 Å². The van der Waals surface area contributed by atoms with Crippen molar-refractivity contribution >= 4 is 28.3 Å². The number of thiazole rings is 1. The molecular weight excluding hydrogens is 282 g/mol. The molecule has 1 aliphatic rings. The molecule has 0 saturated carbocycles. The van der Waals surface area contributed by atoms with E-state index in [0.29, 0.717) is 0 Å². The van der Waals surface area contributed by atoms with E-state index in [-0.39, 0.29) is 5.91 Å². The number of amides is 1. The van der Waals surface area contributed by atoms with Crippen molar-refractivity contribution in [3.05, 3.63) is 41.2 Å². The molecule has 0 saturated heterocycles. The molecule has 1 N–H and O–H groups in total. The van der Waals surface area contributed by atoms with Crippen LogP contribution >= 0.6 is 11.3 Å². The molecule has 4 nitrogen and oxygen atoms in total. The summed E-state index contributed by atoms with van der Waals surface area (Å²) in [6, 6.07) is 0. The molecule has 2 heterocycles. The standard InChI is InChI=1S/C16H19N3OS/c20-15(17-9-8-13-4-2-1-3-5-13)7-6-14-12-18-16-19(14)10-11-21-16/h4,6-7,10-12H,1-3,5,8-9H2,(H,17,20)/b7-6+. The minimum Gasteiger partial charge on any atom is -0.352 e. The van der Waals surface area contributed by atoms with Crippen molar-refractivity contribution in [1.29, 1.82) is 0 Å². The summed E-state index contributed by atoms with van der Waals surface area (Å²) in [7, 11) is 0. The molecule has 1 amide bonds. The summed E-state index contributed by atoms with van der Waals surface area (Å²) in [6.07, 6.45) is 15.4. The van der Waals surface area contributed by atoms with Gasteiger partial charge in [0, 0.05) is 24.2 Å². The van der Waals surface area contributed by atoms with Gasteiger partial charge in [0.1, 0.15) is 0 Å². The molecule has 0 spiro atoms. The number of allylic oxidation sites excluding steroid dienone is 1. The number of imidazole rings is 1. The first kappa shape index (κ1) is 14.1. The van der Waals surface area contributed by atoms with Gasteiger partial charge in [-0.25, -0.2) is 4.98 Å². The van der Waals surface area contributed by atoms with Gasteiger partial charge in [-0.1, -0.05) is 11.6 Å². The van der Waals surface area contributed by atoms with E-state index in [4.69, 9.17) is 0 Å². The van der Waals surface area contributed by atoms with Crippen molar-refractivity contribution in [3.63, 3.8) is 0 Å². The van der Waals surface area contributed by atoms with Crippen LogP contribution in [0, 0.1) is 0 Å². The lowest BCUT2D eigenvalue weighted by Gasteiger charge is -2.12. The molecule has 0 aromatic carbocycles. The first-order valence-electron chi connectivity index (χ1n) is 7.37. The molecule has 3 rings (SSSR count). The van der Waals surface area contributed by atoms with Crippen LogP contribution in [0.2, 0.25) is 0 Å². The number of hydrogen-bond donors (Lipinski definition) is 1. The molecule has 1 aliphatic carbocycles. The molecule has 0 aliphatic heterocycles. The van der Waals surface area contributed by atoms with Crippen molar-refractivity contribution in [2.24, 2.45) is 0 Å². The van der Waals surface area contributed by atoms with Crippen molar-refractivity contribution < 1.29 is 4.79 Å². The van der Waals surface area contributed by atoms with Gasteiger partial charge in [-0.3, -0.25) is 9.20 Å². The van der Waals surface area contributed by atoms with Crippen molar-refractivity contribution in [3.8, 4) is 0 Å². The SMILES string of the molecule is O=C(/C=C/c1cnc2sccn12)NCCC1=CCCCC1. The van der Waals surface area contributed by atoms with Gasteiger partial charge < -0.3 is 5.32 Å².